The number of fused-ring (bicyclic) bond motifs is 3. The molecule has 2 atom stereocenters. The number of ether oxygens (including phenoxy) is 1. The van der Waals surface area contributed by atoms with E-state index in [4.69, 9.17) is 4.74 Å². The molecule has 1 aliphatic heterocycles. The first-order valence-corrected chi connectivity index (χ1v) is 11.3. The molecule has 2 fully saturated rings. The first kappa shape index (κ1) is 21.9. The Bertz CT molecular complexity index is 1110. The van der Waals surface area contributed by atoms with E-state index in [1.807, 2.05) is 24.3 Å². The molecule has 0 radical (unpaired) electrons. The number of alkyl carbamates (subject to hydrolysis) is 1. The highest BCUT2D eigenvalue weighted by Crippen LogP contribution is 2.44. The van der Waals surface area contributed by atoms with E-state index in [1.54, 1.807) is 0 Å². The van der Waals surface area contributed by atoms with Crippen molar-refractivity contribution in [1.29, 1.82) is 0 Å². The Kier molecular flexibility index (Phi) is 5.69. The molecule has 1 heterocycles. The standard InChI is InChI=1S/C25H25N3O6/c29-22(28-21-19(24(31)32)11-26-23(21)30)13-9-14(10-13)27-25(33)34-12-20-17-7-3-1-5-15(17)16-6-2-4-8-18(16)20/h1-8,13-14,19-21H,9-12H2,(H,26,30)(H,27,33)(H,28,29)(H,31,32). The highest BCUT2D eigenvalue weighted by atomic mass is 16.5. The molecule has 9 heteroatoms. The summed E-state index contributed by atoms with van der Waals surface area (Å²) < 4.78 is 5.54. The van der Waals surface area contributed by atoms with Gasteiger partial charge in [-0.2, -0.15) is 0 Å². The van der Waals surface area contributed by atoms with E-state index in [2.05, 4.69) is 40.2 Å². The molecule has 1 saturated heterocycles. The van der Waals surface area contributed by atoms with Crippen LogP contribution in [0.2, 0.25) is 0 Å². The quantitative estimate of drug-likeness (QED) is 0.514. The Morgan fingerprint density at radius 3 is 2.21 bits per heavy atom. The molecule has 34 heavy (non-hydrogen) atoms. The topological polar surface area (TPSA) is 134 Å². The van der Waals surface area contributed by atoms with E-state index in [-0.39, 0.29) is 36.9 Å². The van der Waals surface area contributed by atoms with Gasteiger partial charge in [-0.3, -0.25) is 14.4 Å². The van der Waals surface area contributed by atoms with Crippen LogP contribution in [0.3, 0.4) is 0 Å². The lowest BCUT2D eigenvalue weighted by atomic mass is 9.79. The third-order valence-electron chi connectivity index (χ3n) is 6.97. The number of carboxylic acid groups (broad SMARTS) is 1. The Labute approximate surface area is 195 Å². The maximum atomic E-state index is 12.4. The zero-order valence-corrected chi connectivity index (χ0v) is 18.3. The molecular formula is C25H25N3O6. The fourth-order valence-electron chi connectivity index (χ4n) is 5.04. The van der Waals surface area contributed by atoms with Crippen LogP contribution in [-0.2, 0) is 19.1 Å². The minimum atomic E-state index is -1.13. The zero-order valence-electron chi connectivity index (χ0n) is 18.3. The highest BCUT2D eigenvalue weighted by molar-refractivity contribution is 5.95. The van der Waals surface area contributed by atoms with Gasteiger partial charge in [0.15, 0.2) is 0 Å². The number of aliphatic carboxylic acids is 1. The van der Waals surface area contributed by atoms with Crippen molar-refractivity contribution in [2.45, 2.75) is 30.8 Å². The first-order chi connectivity index (χ1) is 16.4. The van der Waals surface area contributed by atoms with Crippen LogP contribution in [0.4, 0.5) is 4.79 Å². The largest absolute Gasteiger partial charge is 0.481 e. The molecule has 5 rings (SSSR count). The number of nitrogens with one attached hydrogen (secondary N) is 3. The molecular weight excluding hydrogens is 438 g/mol. The Balaban J connectivity index is 1.10. The number of amides is 3. The van der Waals surface area contributed by atoms with Crippen LogP contribution >= 0.6 is 0 Å². The van der Waals surface area contributed by atoms with Gasteiger partial charge in [-0.1, -0.05) is 48.5 Å². The second-order valence-corrected chi connectivity index (χ2v) is 9.01. The smallest absolute Gasteiger partial charge is 0.407 e. The third kappa shape index (κ3) is 3.98. The van der Waals surface area contributed by atoms with Crippen molar-refractivity contribution in [3.8, 4) is 11.1 Å². The molecule has 3 amide bonds. The number of hydrogen-bond donors (Lipinski definition) is 4. The summed E-state index contributed by atoms with van der Waals surface area (Å²) in [6.45, 7) is 0.208. The van der Waals surface area contributed by atoms with E-state index in [0.717, 1.165) is 22.3 Å². The number of carboxylic acids is 1. The molecule has 2 unspecified atom stereocenters. The Morgan fingerprint density at radius 2 is 1.59 bits per heavy atom. The number of hydrogen-bond acceptors (Lipinski definition) is 5. The molecule has 4 N–H and O–H groups in total. The lowest BCUT2D eigenvalue weighted by Crippen LogP contribution is -2.53. The van der Waals surface area contributed by atoms with Gasteiger partial charge in [0.2, 0.25) is 11.8 Å². The highest BCUT2D eigenvalue weighted by Gasteiger charge is 2.43. The predicted octanol–water partition coefficient (Wildman–Crippen LogP) is 1.62. The normalized spacial score (nSPS) is 24.9. The van der Waals surface area contributed by atoms with Crippen molar-refractivity contribution >= 4 is 23.9 Å². The van der Waals surface area contributed by atoms with Crippen molar-refractivity contribution in [2.24, 2.45) is 11.8 Å². The average Bonchev–Trinajstić information content (AvgIpc) is 3.32. The summed E-state index contributed by atoms with van der Waals surface area (Å²) in [6, 6.07) is 14.9. The minimum absolute atomic E-state index is 0.00422. The van der Waals surface area contributed by atoms with Gasteiger partial charge < -0.3 is 25.8 Å². The Hall–Kier alpha value is -3.88. The number of carbonyl (C=O) groups is 4. The maximum Gasteiger partial charge on any atom is 0.407 e. The van der Waals surface area contributed by atoms with Crippen LogP contribution < -0.4 is 16.0 Å². The summed E-state index contributed by atoms with van der Waals surface area (Å²) in [5, 5.41) is 17.0. The third-order valence-corrected chi connectivity index (χ3v) is 6.97. The van der Waals surface area contributed by atoms with Crippen molar-refractivity contribution in [3.63, 3.8) is 0 Å². The molecule has 0 spiro atoms. The lowest BCUT2D eigenvalue weighted by molar-refractivity contribution is -0.143. The number of benzene rings is 2. The van der Waals surface area contributed by atoms with E-state index in [1.165, 1.54) is 0 Å². The second kappa shape index (κ2) is 8.81. The molecule has 2 aliphatic carbocycles. The van der Waals surface area contributed by atoms with Gasteiger partial charge >= 0.3 is 12.1 Å². The van der Waals surface area contributed by atoms with Crippen molar-refractivity contribution in [1.82, 2.24) is 16.0 Å². The van der Waals surface area contributed by atoms with Gasteiger partial charge in [0.05, 0.1) is 0 Å². The summed E-state index contributed by atoms with van der Waals surface area (Å²) >= 11 is 0. The number of rotatable bonds is 6. The van der Waals surface area contributed by atoms with Crippen molar-refractivity contribution in [2.75, 3.05) is 13.2 Å². The molecule has 2 aromatic carbocycles. The van der Waals surface area contributed by atoms with Gasteiger partial charge in [-0.05, 0) is 35.1 Å². The van der Waals surface area contributed by atoms with Gasteiger partial charge in [-0.15, -0.1) is 0 Å². The molecule has 2 aromatic rings. The van der Waals surface area contributed by atoms with Gasteiger partial charge in [0.25, 0.3) is 0 Å². The molecule has 176 valence electrons. The van der Waals surface area contributed by atoms with Crippen molar-refractivity contribution in [3.05, 3.63) is 59.7 Å². The van der Waals surface area contributed by atoms with Crippen LogP contribution in [0.25, 0.3) is 11.1 Å². The summed E-state index contributed by atoms with van der Waals surface area (Å²) in [5.74, 6) is -3.40. The molecule has 1 saturated carbocycles. The van der Waals surface area contributed by atoms with Crippen LogP contribution in [0, 0.1) is 11.8 Å². The van der Waals surface area contributed by atoms with E-state index < -0.39 is 29.9 Å². The average molecular weight is 463 g/mol. The summed E-state index contributed by atoms with van der Waals surface area (Å²) in [6.07, 6.45) is 0.274. The van der Waals surface area contributed by atoms with E-state index in [9.17, 15) is 24.3 Å². The molecule has 3 aliphatic rings. The summed E-state index contributed by atoms with van der Waals surface area (Å²) in [5.41, 5.74) is 4.57. The maximum absolute atomic E-state index is 12.4. The van der Waals surface area contributed by atoms with Crippen molar-refractivity contribution < 1.29 is 29.0 Å². The Morgan fingerprint density at radius 1 is 0.971 bits per heavy atom. The molecule has 9 nitrogen and oxygen atoms in total. The first-order valence-electron chi connectivity index (χ1n) is 11.3. The molecule has 0 bridgehead atoms. The minimum Gasteiger partial charge on any atom is -0.481 e. The van der Waals surface area contributed by atoms with Crippen LogP contribution in [0.5, 0.6) is 0 Å². The summed E-state index contributed by atoms with van der Waals surface area (Å²) in [7, 11) is 0. The van der Waals surface area contributed by atoms with Crippen LogP contribution in [0.15, 0.2) is 48.5 Å². The SMILES string of the molecule is O=C(NC1CC(C(=O)NC2C(=O)NCC2C(=O)O)C1)OCC1c2ccccc2-c2ccccc21. The fraction of sp³-hybridized carbons (Fsp3) is 0.360. The van der Waals surface area contributed by atoms with Crippen LogP contribution in [-0.4, -0.2) is 54.2 Å². The predicted molar refractivity (Wildman–Crippen MR) is 121 cm³/mol. The lowest BCUT2D eigenvalue weighted by Gasteiger charge is -2.35. The monoisotopic (exact) mass is 463 g/mol. The fourth-order valence-corrected chi connectivity index (χ4v) is 5.04. The van der Waals surface area contributed by atoms with Gasteiger partial charge in [0.1, 0.15) is 18.6 Å². The van der Waals surface area contributed by atoms with Gasteiger partial charge in [0, 0.05) is 24.4 Å². The van der Waals surface area contributed by atoms with E-state index >= 15 is 0 Å². The zero-order chi connectivity index (χ0) is 23.8. The molecule has 0 aromatic heterocycles. The number of carbonyl (C=O) groups excluding carboxylic acids is 3. The summed E-state index contributed by atoms with van der Waals surface area (Å²) in [4.78, 5) is 47.9. The second-order valence-electron chi connectivity index (χ2n) is 9.01. The van der Waals surface area contributed by atoms with Crippen LogP contribution in [0.1, 0.15) is 29.9 Å². The van der Waals surface area contributed by atoms with Gasteiger partial charge in [-0.25, -0.2) is 4.79 Å². The van der Waals surface area contributed by atoms with E-state index in [0.29, 0.717) is 12.8 Å².